The molecule has 9 heteroatoms. The number of benzene rings is 1. The van der Waals surface area contributed by atoms with Crippen LogP contribution in [0.1, 0.15) is 30.1 Å². The maximum absolute atomic E-state index is 12.7. The average molecular weight is 467 g/mol. The van der Waals surface area contributed by atoms with Gasteiger partial charge >= 0.3 is 5.97 Å². The van der Waals surface area contributed by atoms with Gasteiger partial charge in [0, 0.05) is 41.5 Å². The Balaban J connectivity index is 1.94. The molecule has 1 aliphatic rings. The number of carbonyl (C=O) groups is 3. The number of halogens is 1. The molecule has 0 saturated carbocycles. The first kappa shape index (κ1) is 19.8. The van der Waals surface area contributed by atoms with E-state index in [2.05, 4.69) is 15.9 Å². The van der Waals surface area contributed by atoms with E-state index in [0.29, 0.717) is 15.6 Å². The third kappa shape index (κ3) is 4.15. The van der Waals surface area contributed by atoms with Gasteiger partial charge in [0.2, 0.25) is 5.91 Å². The number of nitrogens with zero attached hydrogens (tertiary/aromatic N) is 2. The number of carboxylic acids is 1. The number of carboxylic acid groups (broad SMARTS) is 1. The maximum atomic E-state index is 12.7. The van der Waals surface area contributed by atoms with Crippen molar-refractivity contribution in [3.8, 4) is 0 Å². The molecule has 1 amide bonds. The zero-order chi connectivity index (χ0) is 19.7. The Morgan fingerprint density at radius 2 is 2.11 bits per heavy atom. The molecule has 1 aliphatic heterocycles. The van der Waals surface area contributed by atoms with Gasteiger partial charge in [-0.2, -0.15) is 0 Å². The van der Waals surface area contributed by atoms with Crippen molar-refractivity contribution >= 4 is 79.0 Å². The normalized spacial score (nSPS) is 15.9. The third-order valence-corrected chi connectivity index (χ3v) is 5.94. The monoisotopic (exact) mass is 466 g/mol. The van der Waals surface area contributed by atoms with Gasteiger partial charge < -0.3 is 5.11 Å². The van der Waals surface area contributed by atoms with Crippen LogP contribution in [0.2, 0.25) is 0 Å². The van der Waals surface area contributed by atoms with Crippen molar-refractivity contribution in [3.63, 3.8) is 0 Å². The highest BCUT2D eigenvalue weighted by atomic mass is 79.9. The highest BCUT2D eigenvalue weighted by molar-refractivity contribution is 9.10. The number of fused-ring (bicyclic) bond motifs is 1. The molecular formula is C18H15BrN2O4S2. The van der Waals surface area contributed by atoms with Gasteiger partial charge in [-0.25, -0.2) is 0 Å². The Morgan fingerprint density at radius 3 is 2.78 bits per heavy atom. The Labute approximate surface area is 173 Å². The van der Waals surface area contributed by atoms with Crippen LogP contribution in [0, 0.1) is 0 Å². The standard InChI is InChI=1S/C18H15BrN2O4S2/c1-10(22)21-9-11(13-8-12(19)4-5-14(13)21)7-15-17(25)20(18(26)27-15)6-2-3-16(23)24/h4-5,7-9H,2-3,6H2,1H3,(H,23,24)/b15-7+. The summed E-state index contributed by atoms with van der Waals surface area (Å²) in [6, 6.07) is 5.59. The van der Waals surface area contributed by atoms with Crippen molar-refractivity contribution in [2.24, 2.45) is 0 Å². The lowest BCUT2D eigenvalue weighted by molar-refractivity contribution is -0.137. The molecule has 0 radical (unpaired) electrons. The van der Waals surface area contributed by atoms with Crippen LogP contribution in [0.25, 0.3) is 17.0 Å². The molecule has 0 atom stereocenters. The van der Waals surface area contributed by atoms with Crippen LogP contribution in [0.4, 0.5) is 0 Å². The molecule has 0 bridgehead atoms. The zero-order valence-electron chi connectivity index (χ0n) is 14.3. The minimum Gasteiger partial charge on any atom is -0.481 e. The summed E-state index contributed by atoms with van der Waals surface area (Å²) in [4.78, 5) is 37.1. The van der Waals surface area contributed by atoms with Gasteiger partial charge in [0.05, 0.1) is 10.4 Å². The van der Waals surface area contributed by atoms with Crippen LogP contribution in [-0.4, -0.2) is 43.2 Å². The fourth-order valence-corrected chi connectivity index (χ4v) is 4.49. The number of hydrogen-bond acceptors (Lipinski definition) is 5. The summed E-state index contributed by atoms with van der Waals surface area (Å²) in [5, 5.41) is 9.59. The summed E-state index contributed by atoms with van der Waals surface area (Å²) in [7, 11) is 0. The van der Waals surface area contributed by atoms with Crippen molar-refractivity contribution in [1.82, 2.24) is 9.47 Å². The Hall–Kier alpha value is -1.97. The number of amides is 1. The molecule has 27 heavy (non-hydrogen) atoms. The molecule has 0 unspecified atom stereocenters. The number of aromatic nitrogens is 1. The molecule has 0 spiro atoms. The summed E-state index contributed by atoms with van der Waals surface area (Å²) in [5.74, 6) is -1.27. The summed E-state index contributed by atoms with van der Waals surface area (Å²) < 4.78 is 2.82. The molecule has 1 fully saturated rings. The number of aliphatic carboxylic acids is 1. The van der Waals surface area contributed by atoms with Crippen LogP contribution in [0.15, 0.2) is 33.8 Å². The molecule has 0 aliphatic carbocycles. The summed E-state index contributed by atoms with van der Waals surface area (Å²) >= 11 is 9.88. The lowest BCUT2D eigenvalue weighted by Gasteiger charge is -2.13. The molecule has 1 aromatic carbocycles. The van der Waals surface area contributed by atoms with E-state index in [1.807, 2.05) is 18.2 Å². The van der Waals surface area contributed by atoms with E-state index < -0.39 is 5.97 Å². The maximum Gasteiger partial charge on any atom is 0.303 e. The summed E-state index contributed by atoms with van der Waals surface area (Å²) in [6.45, 7) is 1.75. The van der Waals surface area contributed by atoms with E-state index in [0.717, 1.165) is 20.9 Å². The van der Waals surface area contributed by atoms with Crippen LogP contribution >= 0.6 is 39.9 Å². The van der Waals surface area contributed by atoms with Crippen LogP contribution in [0.5, 0.6) is 0 Å². The van der Waals surface area contributed by atoms with Crippen LogP contribution in [0.3, 0.4) is 0 Å². The molecule has 2 aromatic rings. The second kappa shape index (κ2) is 7.95. The van der Waals surface area contributed by atoms with E-state index in [1.165, 1.54) is 23.6 Å². The topological polar surface area (TPSA) is 79.6 Å². The van der Waals surface area contributed by atoms with Gasteiger partial charge in [0.15, 0.2) is 0 Å². The molecule has 2 heterocycles. The molecule has 6 nitrogen and oxygen atoms in total. The highest BCUT2D eigenvalue weighted by Gasteiger charge is 2.32. The van der Waals surface area contributed by atoms with Crippen LogP contribution in [-0.2, 0) is 9.59 Å². The largest absolute Gasteiger partial charge is 0.481 e. The second-order valence-electron chi connectivity index (χ2n) is 5.97. The first-order valence-corrected chi connectivity index (χ1v) is 10.1. The molecule has 1 aromatic heterocycles. The summed E-state index contributed by atoms with van der Waals surface area (Å²) in [6.07, 6.45) is 3.75. The SMILES string of the molecule is CC(=O)n1cc(/C=C2/SC(=S)N(CCCC(=O)O)C2=O)c2cc(Br)ccc21. The quantitative estimate of drug-likeness (QED) is 0.526. The Morgan fingerprint density at radius 1 is 1.37 bits per heavy atom. The molecule has 140 valence electrons. The highest BCUT2D eigenvalue weighted by Crippen LogP contribution is 2.35. The van der Waals surface area contributed by atoms with Gasteiger partial charge in [-0.05, 0) is 30.7 Å². The van der Waals surface area contributed by atoms with Gasteiger partial charge in [0.1, 0.15) is 4.32 Å². The van der Waals surface area contributed by atoms with Gasteiger partial charge in [-0.15, -0.1) is 0 Å². The molecular weight excluding hydrogens is 452 g/mol. The minimum absolute atomic E-state index is 0.0176. The van der Waals surface area contributed by atoms with Crippen LogP contribution < -0.4 is 0 Å². The number of rotatable bonds is 5. The fraction of sp³-hybridized carbons (Fsp3) is 0.222. The predicted molar refractivity (Wildman–Crippen MR) is 113 cm³/mol. The van der Waals surface area contributed by atoms with Crippen molar-refractivity contribution in [1.29, 1.82) is 0 Å². The average Bonchev–Trinajstić information content (AvgIpc) is 3.07. The fourth-order valence-electron chi connectivity index (χ4n) is 2.83. The van der Waals surface area contributed by atoms with E-state index >= 15 is 0 Å². The molecule has 1 saturated heterocycles. The lowest BCUT2D eigenvalue weighted by atomic mass is 10.1. The first-order chi connectivity index (χ1) is 12.8. The van der Waals surface area contributed by atoms with Gasteiger partial charge in [-0.3, -0.25) is 23.9 Å². The summed E-state index contributed by atoms with van der Waals surface area (Å²) in [5.41, 5.74) is 1.50. The van der Waals surface area contributed by atoms with E-state index in [9.17, 15) is 14.4 Å². The predicted octanol–water partition coefficient (Wildman–Crippen LogP) is 4.13. The van der Waals surface area contributed by atoms with Crippen molar-refractivity contribution in [2.75, 3.05) is 6.54 Å². The van der Waals surface area contributed by atoms with E-state index in [-0.39, 0.29) is 24.8 Å². The number of hydrogen-bond donors (Lipinski definition) is 1. The number of carbonyl (C=O) groups excluding carboxylic acids is 2. The Bertz CT molecular complexity index is 1010. The third-order valence-electron chi connectivity index (χ3n) is 4.07. The molecule has 1 N–H and O–H groups in total. The van der Waals surface area contributed by atoms with Crippen molar-refractivity contribution in [3.05, 3.63) is 39.3 Å². The zero-order valence-corrected chi connectivity index (χ0v) is 17.5. The smallest absolute Gasteiger partial charge is 0.303 e. The number of thiocarbonyl (C=S) groups is 1. The molecule has 3 rings (SSSR count). The Kier molecular flexibility index (Phi) is 5.83. The first-order valence-electron chi connectivity index (χ1n) is 8.06. The number of thioether (sulfide) groups is 1. The van der Waals surface area contributed by atoms with Crippen molar-refractivity contribution in [2.45, 2.75) is 19.8 Å². The van der Waals surface area contributed by atoms with Gasteiger partial charge in [-0.1, -0.05) is 39.9 Å². The minimum atomic E-state index is -0.904. The van der Waals surface area contributed by atoms with E-state index in [1.54, 1.807) is 16.8 Å². The van der Waals surface area contributed by atoms with E-state index in [4.69, 9.17) is 17.3 Å². The lowest BCUT2D eigenvalue weighted by Crippen LogP contribution is -2.29. The van der Waals surface area contributed by atoms with Gasteiger partial charge in [0.25, 0.3) is 5.91 Å². The van der Waals surface area contributed by atoms with Crippen molar-refractivity contribution < 1.29 is 19.5 Å². The second-order valence-corrected chi connectivity index (χ2v) is 8.56.